The molecule has 283 valence electrons. The molecule has 0 bridgehead atoms. The van der Waals surface area contributed by atoms with Crippen LogP contribution in [0.5, 0.6) is 0 Å². The third kappa shape index (κ3) is 9.94. The number of rotatable bonds is 4. The largest absolute Gasteiger partial charge is 0.504 e. The van der Waals surface area contributed by atoms with Gasteiger partial charge < -0.3 is 5.11 Å². The second kappa shape index (κ2) is 16.6. The summed E-state index contributed by atoms with van der Waals surface area (Å²) in [4.78, 5) is 16.3. The molecule has 0 spiro atoms. The topological polar surface area (TPSA) is 50.2 Å². The van der Waals surface area contributed by atoms with Crippen molar-refractivity contribution in [2.24, 2.45) is 17.3 Å². The zero-order valence-electron chi connectivity index (χ0n) is 32.1. The van der Waals surface area contributed by atoms with Crippen molar-refractivity contribution in [1.29, 1.82) is 0 Å². The number of benzene rings is 3. The van der Waals surface area contributed by atoms with Crippen LogP contribution >= 0.6 is 0 Å². The third-order valence-corrected chi connectivity index (χ3v) is 11.0. The molecule has 0 unspecified atom stereocenters. The molecule has 2 saturated carbocycles. The number of aromatic nitrogens is 1. The van der Waals surface area contributed by atoms with Crippen molar-refractivity contribution in [2.45, 2.75) is 131 Å². The maximum atomic E-state index is 11.7. The van der Waals surface area contributed by atoms with E-state index in [1.807, 2.05) is 0 Å². The van der Waals surface area contributed by atoms with Gasteiger partial charge in [0.2, 0.25) is 5.76 Å². The van der Waals surface area contributed by atoms with Crippen LogP contribution in [0.2, 0.25) is 0 Å². The van der Waals surface area contributed by atoms with Crippen molar-refractivity contribution in [3.8, 4) is 11.3 Å². The van der Waals surface area contributed by atoms with Crippen LogP contribution in [0.1, 0.15) is 128 Å². The number of halogens is 3. The molecule has 7 heteroatoms. The van der Waals surface area contributed by atoms with E-state index in [9.17, 15) is 18.0 Å². The van der Waals surface area contributed by atoms with Crippen LogP contribution in [0.15, 0.2) is 60.4 Å². The van der Waals surface area contributed by atoms with Crippen LogP contribution in [0.25, 0.3) is 32.9 Å². The average Bonchev–Trinajstić information content (AvgIpc) is 3.06. The molecule has 3 nitrogen and oxygen atoms in total. The summed E-state index contributed by atoms with van der Waals surface area (Å²) in [5.41, 5.74) is 8.08. The summed E-state index contributed by atoms with van der Waals surface area (Å²) in [7, 11) is 0. The minimum atomic E-state index is -4.85. The SMILES string of the molecule is CC(C)(C)C(=O)/C=C(\O)C(F)(F)F.Cc1cc(C)c2c(C3CCC(C4CCCCC4)CC3)cc(-c3[c-]c4ccccc4c(C(C)(C)C)c3)nc2c1.[Ir]. The number of aryl methyl sites for hydroxylation is 2. The van der Waals surface area contributed by atoms with Gasteiger partial charge in [0.15, 0.2) is 5.78 Å². The first kappa shape index (κ1) is 41.7. The summed E-state index contributed by atoms with van der Waals surface area (Å²) >= 11 is 0. The van der Waals surface area contributed by atoms with E-state index >= 15 is 0 Å². The number of carbonyl (C=O) groups is 1. The quantitative estimate of drug-likeness (QED) is 0.126. The number of hydrogen-bond donors (Lipinski definition) is 1. The Morgan fingerprint density at radius 3 is 2.06 bits per heavy atom. The number of aliphatic hydroxyl groups is 1. The Kier molecular flexibility index (Phi) is 13.3. The Morgan fingerprint density at radius 2 is 1.46 bits per heavy atom. The monoisotopic (exact) mass is 891 g/mol. The molecule has 1 radical (unpaired) electrons. The molecule has 52 heavy (non-hydrogen) atoms. The summed E-state index contributed by atoms with van der Waals surface area (Å²) in [5, 5.41) is 12.3. The number of carbonyl (C=O) groups excluding carboxylic acids is 1. The Hall–Kier alpha value is -3.02. The number of alkyl halides is 3. The van der Waals surface area contributed by atoms with Crippen LogP contribution in [-0.4, -0.2) is 22.1 Å². The maximum Gasteiger partial charge on any atom is 0.448 e. The molecule has 0 amide bonds. The minimum absolute atomic E-state index is 0. The van der Waals surface area contributed by atoms with Gasteiger partial charge in [0.1, 0.15) is 0 Å². The van der Waals surface area contributed by atoms with Crippen molar-refractivity contribution >= 4 is 27.5 Å². The predicted octanol–water partition coefficient (Wildman–Crippen LogP) is 13.2. The number of hydrogen-bond acceptors (Lipinski definition) is 3. The van der Waals surface area contributed by atoms with E-state index in [1.54, 1.807) is 0 Å². The zero-order valence-corrected chi connectivity index (χ0v) is 34.5. The van der Waals surface area contributed by atoms with E-state index < -0.39 is 23.1 Å². The number of aliphatic hydroxyl groups excluding tert-OH is 1. The Balaban J connectivity index is 0.000000372. The van der Waals surface area contributed by atoms with Crippen molar-refractivity contribution < 1.29 is 43.2 Å². The number of allylic oxidation sites excluding steroid dienone is 2. The van der Waals surface area contributed by atoms with Gasteiger partial charge in [-0.15, -0.1) is 29.1 Å². The first-order chi connectivity index (χ1) is 23.8. The molecule has 0 aliphatic heterocycles. The molecular weight excluding hydrogens is 836 g/mol. The molecule has 1 heterocycles. The third-order valence-electron chi connectivity index (χ3n) is 11.0. The fourth-order valence-corrected chi connectivity index (χ4v) is 8.17. The number of pyridine rings is 1. The first-order valence-electron chi connectivity index (χ1n) is 18.7. The van der Waals surface area contributed by atoms with Gasteiger partial charge in [-0.2, -0.15) is 13.2 Å². The van der Waals surface area contributed by atoms with Crippen LogP contribution in [-0.2, 0) is 30.3 Å². The van der Waals surface area contributed by atoms with Gasteiger partial charge >= 0.3 is 6.18 Å². The number of fused-ring (bicyclic) bond motifs is 2. The Bertz CT molecular complexity index is 1900. The molecule has 2 aliphatic rings. The molecule has 1 N–H and O–H groups in total. The molecule has 0 atom stereocenters. The normalized spacial score (nSPS) is 19.2. The van der Waals surface area contributed by atoms with E-state index in [4.69, 9.17) is 10.1 Å². The van der Waals surface area contributed by atoms with Gasteiger partial charge in [0.05, 0.1) is 5.52 Å². The second-order valence-electron chi connectivity index (χ2n) is 17.1. The summed E-state index contributed by atoms with van der Waals surface area (Å²) in [5.74, 6) is -0.0507. The summed E-state index contributed by atoms with van der Waals surface area (Å²) in [6.07, 6.45) is 8.13. The van der Waals surface area contributed by atoms with Gasteiger partial charge in [0, 0.05) is 42.7 Å². The van der Waals surface area contributed by atoms with Crippen LogP contribution < -0.4 is 0 Å². The smallest absolute Gasteiger partial charge is 0.448 e. The average molecular weight is 891 g/mol. The minimum Gasteiger partial charge on any atom is -0.504 e. The molecule has 2 fully saturated rings. The van der Waals surface area contributed by atoms with E-state index in [1.165, 1.54) is 117 Å². The Morgan fingerprint density at radius 1 is 0.846 bits per heavy atom. The van der Waals surface area contributed by atoms with Crippen molar-refractivity contribution in [1.82, 2.24) is 4.98 Å². The van der Waals surface area contributed by atoms with E-state index in [0.29, 0.717) is 5.92 Å². The molecule has 1 aromatic heterocycles. The van der Waals surface area contributed by atoms with Crippen LogP contribution in [0, 0.1) is 37.2 Å². The summed E-state index contributed by atoms with van der Waals surface area (Å²) in [6, 6.07) is 22.0. The van der Waals surface area contributed by atoms with E-state index in [2.05, 4.69) is 89.2 Å². The van der Waals surface area contributed by atoms with E-state index in [0.717, 1.165) is 28.6 Å². The second-order valence-corrected chi connectivity index (χ2v) is 17.1. The first-order valence-corrected chi connectivity index (χ1v) is 18.7. The molecule has 3 aromatic carbocycles. The van der Waals surface area contributed by atoms with Gasteiger partial charge in [-0.1, -0.05) is 115 Å². The van der Waals surface area contributed by atoms with Crippen molar-refractivity contribution in [2.75, 3.05) is 0 Å². The number of ketones is 1. The maximum absolute atomic E-state index is 11.7. The Labute approximate surface area is 322 Å². The van der Waals surface area contributed by atoms with Gasteiger partial charge in [0.25, 0.3) is 0 Å². The van der Waals surface area contributed by atoms with Gasteiger partial charge in [-0.3, -0.25) is 9.78 Å². The van der Waals surface area contributed by atoms with Crippen LogP contribution in [0.4, 0.5) is 13.2 Å². The standard InChI is InChI=1S/C37H44N.C8H11F3O2.Ir/c1-24-19-25(2)36-32(28-17-15-27(16-18-28)26-11-7-6-8-12-26)23-34(38-35(36)20-24)30-21-29-13-9-10-14-31(29)33(22-30)37(3,4)5;1-7(2,3)5(12)4-6(13)8(9,10)11;/h9-10,13-14,19-20,22-23,26-28H,6-8,11-12,15-18H2,1-5H3;4,13H,1-3H3;/q-1;;/b;6-4-;. The fraction of sp³-hybridized carbons (Fsp3) is 0.511. The van der Waals surface area contributed by atoms with Gasteiger partial charge in [-0.05, 0) is 85.5 Å². The van der Waals surface area contributed by atoms with Crippen molar-refractivity contribution in [3.05, 3.63) is 88.7 Å². The van der Waals surface area contributed by atoms with Crippen molar-refractivity contribution in [3.63, 3.8) is 0 Å². The van der Waals surface area contributed by atoms with Crippen LogP contribution in [0.3, 0.4) is 0 Å². The molecule has 2 aliphatic carbocycles. The zero-order chi connectivity index (χ0) is 37.3. The summed E-state index contributed by atoms with van der Waals surface area (Å²) in [6.45, 7) is 15.8. The predicted molar refractivity (Wildman–Crippen MR) is 204 cm³/mol. The molecule has 6 rings (SSSR count). The number of nitrogens with zero attached hydrogens (tertiary/aromatic N) is 1. The molecular formula is C45H55F3IrNO2-. The fourth-order valence-electron chi connectivity index (χ4n) is 8.17. The molecule has 0 saturated heterocycles. The summed E-state index contributed by atoms with van der Waals surface area (Å²) < 4.78 is 35.2. The van der Waals surface area contributed by atoms with E-state index in [-0.39, 0.29) is 31.6 Å². The van der Waals surface area contributed by atoms with Gasteiger partial charge in [-0.25, -0.2) is 0 Å². The molecule has 4 aromatic rings.